The van der Waals surface area contributed by atoms with Gasteiger partial charge in [-0.15, -0.1) is 10.2 Å². The number of halogens is 4. The normalized spacial score (nSPS) is 11.5. The largest absolute Gasteiger partial charge is 0.484 e. The number of aromatic nitrogens is 3. The summed E-state index contributed by atoms with van der Waals surface area (Å²) in [6.07, 6.45) is -3.64. The van der Waals surface area contributed by atoms with Gasteiger partial charge in [-0.05, 0) is 24.3 Å². The van der Waals surface area contributed by atoms with Crippen LogP contribution in [0.4, 0.5) is 17.6 Å². The Kier molecular flexibility index (Phi) is 4.74. The van der Waals surface area contributed by atoms with E-state index in [1.54, 1.807) is 0 Å². The van der Waals surface area contributed by atoms with Gasteiger partial charge < -0.3 is 10.1 Å². The molecule has 26 heavy (non-hydrogen) atoms. The molecular formula is C16H12F4N4O2. The number of nitrogens with one attached hydrogen (secondary N) is 1. The number of carbonyl (C=O) groups is 1. The first-order valence-corrected chi connectivity index (χ1v) is 7.39. The Labute approximate surface area is 144 Å². The van der Waals surface area contributed by atoms with E-state index in [1.807, 2.05) is 0 Å². The molecule has 0 spiro atoms. The highest BCUT2D eigenvalue weighted by Crippen LogP contribution is 2.29. The van der Waals surface area contributed by atoms with Gasteiger partial charge in [-0.25, -0.2) is 4.39 Å². The fourth-order valence-electron chi connectivity index (χ4n) is 2.16. The van der Waals surface area contributed by atoms with Crippen LogP contribution in [0.2, 0.25) is 0 Å². The maximum atomic E-state index is 13.0. The molecular weight excluding hydrogens is 356 g/mol. The average Bonchev–Trinajstić information content (AvgIpc) is 3.00. The van der Waals surface area contributed by atoms with Crippen LogP contribution in [0.5, 0.6) is 5.75 Å². The lowest BCUT2D eigenvalue weighted by Gasteiger charge is -2.09. The molecule has 0 radical (unpaired) electrons. The quantitative estimate of drug-likeness (QED) is 0.703. The second-order valence-electron chi connectivity index (χ2n) is 5.28. The molecule has 1 N–H and O–H groups in total. The van der Waals surface area contributed by atoms with Crippen LogP contribution in [0, 0.1) is 5.82 Å². The number of pyridine rings is 1. The molecule has 2 heterocycles. The van der Waals surface area contributed by atoms with Crippen molar-refractivity contribution in [1.29, 1.82) is 0 Å². The molecule has 0 fully saturated rings. The predicted molar refractivity (Wildman–Crippen MR) is 81.7 cm³/mol. The standard InChI is InChI=1S/C16H12F4N4O2/c17-11-2-1-3-12(6-11)26-9-15(25)21-7-14-23-22-13-5-4-10(8-24(13)14)16(18,19)20/h1-6,8H,7,9H2,(H,21,25). The third-order valence-electron chi connectivity index (χ3n) is 3.41. The van der Waals surface area contributed by atoms with Gasteiger partial charge in [0, 0.05) is 12.3 Å². The van der Waals surface area contributed by atoms with Crippen molar-refractivity contribution in [3.63, 3.8) is 0 Å². The minimum Gasteiger partial charge on any atom is -0.484 e. The van der Waals surface area contributed by atoms with E-state index in [0.717, 1.165) is 22.7 Å². The summed E-state index contributed by atoms with van der Waals surface area (Å²) in [5, 5.41) is 9.96. The maximum absolute atomic E-state index is 13.0. The molecule has 0 unspecified atom stereocenters. The van der Waals surface area contributed by atoms with Crippen LogP contribution in [0.15, 0.2) is 42.6 Å². The van der Waals surface area contributed by atoms with E-state index in [9.17, 15) is 22.4 Å². The van der Waals surface area contributed by atoms with Crippen molar-refractivity contribution >= 4 is 11.6 Å². The molecule has 136 valence electrons. The van der Waals surface area contributed by atoms with Gasteiger partial charge in [-0.3, -0.25) is 9.20 Å². The van der Waals surface area contributed by atoms with Gasteiger partial charge in [0.1, 0.15) is 11.6 Å². The van der Waals surface area contributed by atoms with Crippen molar-refractivity contribution in [3.05, 3.63) is 59.8 Å². The summed E-state index contributed by atoms with van der Waals surface area (Å²) in [6, 6.07) is 7.37. The van der Waals surface area contributed by atoms with Crippen LogP contribution >= 0.6 is 0 Å². The van der Waals surface area contributed by atoms with Gasteiger partial charge in [0.05, 0.1) is 12.1 Å². The number of rotatable bonds is 5. The Morgan fingerprint density at radius 2 is 2.00 bits per heavy atom. The van der Waals surface area contributed by atoms with Gasteiger partial charge in [-0.2, -0.15) is 13.2 Å². The van der Waals surface area contributed by atoms with Crippen molar-refractivity contribution in [2.45, 2.75) is 12.7 Å². The summed E-state index contributed by atoms with van der Waals surface area (Å²) in [7, 11) is 0. The van der Waals surface area contributed by atoms with Crippen molar-refractivity contribution in [2.75, 3.05) is 6.61 Å². The highest BCUT2D eigenvalue weighted by molar-refractivity contribution is 5.77. The number of nitrogens with zero attached hydrogens (tertiary/aromatic N) is 3. The van der Waals surface area contributed by atoms with Crippen LogP contribution in [-0.2, 0) is 17.5 Å². The summed E-state index contributed by atoms with van der Waals surface area (Å²) >= 11 is 0. The minimum atomic E-state index is -4.50. The third-order valence-corrected chi connectivity index (χ3v) is 3.41. The molecule has 6 nitrogen and oxygen atoms in total. The zero-order chi connectivity index (χ0) is 18.7. The Balaban J connectivity index is 1.63. The Morgan fingerprint density at radius 1 is 1.19 bits per heavy atom. The monoisotopic (exact) mass is 368 g/mol. The average molecular weight is 368 g/mol. The lowest BCUT2D eigenvalue weighted by molar-refractivity contribution is -0.137. The van der Waals surface area contributed by atoms with E-state index in [4.69, 9.17) is 4.74 Å². The van der Waals surface area contributed by atoms with E-state index in [-0.39, 0.29) is 30.4 Å². The van der Waals surface area contributed by atoms with Gasteiger partial charge in [0.25, 0.3) is 5.91 Å². The van der Waals surface area contributed by atoms with E-state index in [0.29, 0.717) is 0 Å². The number of hydrogen-bond donors (Lipinski definition) is 1. The fraction of sp³-hybridized carbons (Fsp3) is 0.188. The number of carbonyl (C=O) groups excluding carboxylic acids is 1. The fourth-order valence-corrected chi connectivity index (χ4v) is 2.16. The molecule has 1 amide bonds. The van der Waals surface area contributed by atoms with Crippen LogP contribution in [0.3, 0.4) is 0 Å². The molecule has 0 saturated carbocycles. The van der Waals surface area contributed by atoms with Gasteiger partial charge in [0.2, 0.25) is 0 Å². The van der Waals surface area contributed by atoms with Crippen LogP contribution in [0.25, 0.3) is 5.65 Å². The maximum Gasteiger partial charge on any atom is 0.417 e. The molecule has 2 aromatic heterocycles. The molecule has 0 aliphatic rings. The molecule has 0 saturated heterocycles. The van der Waals surface area contributed by atoms with E-state index in [1.165, 1.54) is 24.3 Å². The van der Waals surface area contributed by atoms with Crippen molar-refractivity contribution < 1.29 is 27.1 Å². The number of hydrogen-bond acceptors (Lipinski definition) is 4. The SMILES string of the molecule is O=C(COc1cccc(F)c1)NCc1nnc2ccc(C(F)(F)F)cn12. The third kappa shape index (κ3) is 4.08. The zero-order valence-electron chi connectivity index (χ0n) is 13.1. The van der Waals surface area contributed by atoms with Crippen LogP contribution in [0.1, 0.15) is 11.4 Å². The number of fused-ring (bicyclic) bond motifs is 1. The second-order valence-corrected chi connectivity index (χ2v) is 5.28. The molecule has 10 heteroatoms. The second kappa shape index (κ2) is 6.98. The molecule has 0 bridgehead atoms. The molecule has 0 aliphatic carbocycles. The first kappa shape index (κ1) is 17.6. The van der Waals surface area contributed by atoms with E-state index in [2.05, 4.69) is 15.5 Å². The zero-order valence-corrected chi connectivity index (χ0v) is 13.1. The van der Waals surface area contributed by atoms with E-state index >= 15 is 0 Å². The number of ether oxygens (including phenoxy) is 1. The summed E-state index contributed by atoms with van der Waals surface area (Å²) in [5.41, 5.74) is -0.634. The summed E-state index contributed by atoms with van der Waals surface area (Å²) in [5.74, 6) is -0.732. The Hall–Kier alpha value is -3.17. The molecule has 1 aromatic carbocycles. The highest BCUT2D eigenvalue weighted by Gasteiger charge is 2.31. The summed E-state index contributed by atoms with van der Waals surface area (Å²) in [6.45, 7) is -0.526. The van der Waals surface area contributed by atoms with Crippen LogP contribution in [-0.4, -0.2) is 27.1 Å². The highest BCUT2D eigenvalue weighted by atomic mass is 19.4. The molecule has 0 atom stereocenters. The summed E-state index contributed by atoms with van der Waals surface area (Å²) < 4.78 is 57.7. The van der Waals surface area contributed by atoms with Crippen molar-refractivity contribution in [1.82, 2.24) is 19.9 Å². The van der Waals surface area contributed by atoms with Gasteiger partial charge in [-0.1, -0.05) is 6.07 Å². The number of amides is 1. The molecule has 3 aromatic rings. The number of alkyl halides is 3. The van der Waals surface area contributed by atoms with Crippen molar-refractivity contribution in [3.8, 4) is 5.75 Å². The van der Waals surface area contributed by atoms with Gasteiger partial charge >= 0.3 is 6.18 Å². The molecule has 0 aliphatic heterocycles. The van der Waals surface area contributed by atoms with Crippen LogP contribution < -0.4 is 10.1 Å². The first-order chi connectivity index (χ1) is 12.3. The predicted octanol–water partition coefficient (Wildman–Crippen LogP) is 2.58. The Bertz CT molecular complexity index is 939. The van der Waals surface area contributed by atoms with Crippen molar-refractivity contribution in [2.24, 2.45) is 0 Å². The lowest BCUT2D eigenvalue weighted by atomic mass is 10.3. The smallest absolute Gasteiger partial charge is 0.417 e. The molecule has 3 rings (SSSR count). The van der Waals surface area contributed by atoms with E-state index < -0.39 is 23.5 Å². The van der Waals surface area contributed by atoms with Gasteiger partial charge in [0.15, 0.2) is 18.1 Å². The topological polar surface area (TPSA) is 68.5 Å². The lowest BCUT2D eigenvalue weighted by Crippen LogP contribution is -2.29. The minimum absolute atomic E-state index is 0.130. The Morgan fingerprint density at radius 3 is 2.73 bits per heavy atom. The number of benzene rings is 1. The summed E-state index contributed by atoms with van der Waals surface area (Å²) in [4.78, 5) is 11.8. The first-order valence-electron chi connectivity index (χ1n) is 7.39.